The summed E-state index contributed by atoms with van der Waals surface area (Å²) < 4.78 is 18.9. The highest BCUT2D eigenvalue weighted by Gasteiger charge is 2.28. The maximum atomic E-state index is 13.6. The molecule has 0 atom stereocenters. The molecule has 0 bridgehead atoms. The van der Waals surface area contributed by atoms with Crippen LogP contribution in [0, 0.1) is 18.2 Å². The lowest BCUT2D eigenvalue weighted by molar-refractivity contribution is -0.130. The van der Waals surface area contributed by atoms with Crippen LogP contribution in [0.2, 0.25) is 0 Å². The molecule has 0 heterocycles. The van der Waals surface area contributed by atoms with Gasteiger partial charge in [0.1, 0.15) is 6.61 Å². The SMILES string of the molecule is Cc1cccc(OCC(C)(C)C(=O)NN)c1F. The van der Waals surface area contributed by atoms with Crippen LogP contribution in [0.5, 0.6) is 5.75 Å². The minimum atomic E-state index is -0.815. The van der Waals surface area contributed by atoms with Crippen LogP contribution in [0.25, 0.3) is 0 Å². The number of rotatable bonds is 4. The summed E-state index contributed by atoms with van der Waals surface area (Å²) >= 11 is 0. The number of hydrogen-bond acceptors (Lipinski definition) is 3. The molecule has 0 saturated heterocycles. The first-order valence-electron chi connectivity index (χ1n) is 5.27. The second kappa shape index (κ2) is 5.14. The van der Waals surface area contributed by atoms with Crippen molar-refractivity contribution in [2.24, 2.45) is 11.3 Å². The number of hydrogen-bond donors (Lipinski definition) is 2. The number of benzene rings is 1. The molecule has 4 nitrogen and oxygen atoms in total. The van der Waals surface area contributed by atoms with Crippen LogP contribution < -0.4 is 16.0 Å². The molecule has 17 heavy (non-hydrogen) atoms. The molecule has 1 aromatic rings. The molecule has 0 aromatic heterocycles. The number of carbonyl (C=O) groups is 1. The van der Waals surface area contributed by atoms with Gasteiger partial charge in [0, 0.05) is 0 Å². The molecule has 0 aliphatic carbocycles. The summed E-state index contributed by atoms with van der Waals surface area (Å²) in [6.07, 6.45) is 0. The Bertz CT molecular complexity index is 419. The summed E-state index contributed by atoms with van der Waals surface area (Å²) in [4.78, 5) is 11.4. The van der Waals surface area contributed by atoms with Gasteiger partial charge in [-0.25, -0.2) is 10.2 Å². The van der Waals surface area contributed by atoms with Crippen LogP contribution >= 0.6 is 0 Å². The van der Waals surface area contributed by atoms with Crippen LogP contribution in [0.3, 0.4) is 0 Å². The maximum Gasteiger partial charge on any atom is 0.242 e. The number of aryl methyl sites for hydroxylation is 1. The van der Waals surface area contributed by atoms with Crippen molar-refractivity contribution < 1.29 is 13.9 Å². The number of carbonyl (C=O) groups excluding carboxylic acids is 1. The summed E-state index contributed by atoms with van der Waals surface area (Å²) in [5.41, 5.74) is 1.74. The van der Waals surface area contributed by atoms with E-state index in [1.165, 1.54) is 6.07 Å². The summed E-state index contributed by atoms with van der Waals surface area (Å²) in [5, 5.41) is 0. The van der Waals surface area contributed by atoms with Gasteiger partial charge in [0.15, 0.2) is 11.6 Å². The lowest BCUT2D eigenvalue weighted by atomic mass is 9.94. The highest BCUT2D eigenvalue weighted by atomic mass is 19.1. The molecule has 1 amide bonds. The summed E-state index contributed by atoms with van der Waals surface area (Å²) in [7, 11) is 0. The Kier molecular flexibility index (Phi) is 4.07. The largest absolute Gasteiger partial charge is 0.489 e. The van der Waals surface area contributed by atoms with Gasteiger partial charge in [0.25, 0.3) is 0 Å². The molecule has 0 fully saturated rings. The van der Waals surface area contributed by atoms with Crippen LogP contribution in [0.4, 0.5) is 4.39 Å². The highest BCUT2D eigenvalue weighted by molar-refractivity contribution is 5.81. The number of ether oxygens (including phenoxy) is 1. The highest BCUT2D eigenvalue weighted by Crippen LogP contribution is 2.23. The Labute approximate surface area is 99.9 Å². The maximum absolute atomic E-state index is 13.6. The van der Waals surface area contributed by atoms with Gasteiger partial charge in [-0.2, -0.15) is 0 Å². The Balaban J connectivity index is 2.74. The standard InChI is InChI=1S/C12H17FN2O2/c1-8-5-4-6-9(10(8)13)17-7-12(2,3)11(16)15-14/h4-6H,7,14H2,1-3H3,(H,15,16). The third kappa shape index (κ3) is 3.17. The van der Waals surface area contributed by atoms with Gasteiger partial charge in [-0.05, 0) is 32.4 Å². The first-order valence-corrected chi connectivity index (χ1v) is 5.27. The number of amides is 1. The first kappa shape index (κ1) is 13.4. The normalized spacial score (nSPS) is 11.1. The second-order valence-electron chi connectivity index (χ2n) is 4.53. The van der Waals surface area contributed by atoms with Crippen molar-refractivity contribution in [1.82, 2.24) is 5.43 Å². The van der Waals surface area contributed by atoms with Crippen molar-refractivity contribution >= 4 is 5.91 Å². The van der Waals surface area contributed by atoms with E-state index in [1.807, 2.05) is 0 Å². The molecule has 0 saturated carbocycles. The average molecular weight is 240 g/mol. The van der Waals surface area contributed by atoms with E-state index >= 15 is 0 Å². The first-order chi connectivity index (χ1) is 7.88. The van der Waals surface area contributed by atoms with Gasteiger partial charge in [0.05, 0.1) is 5.41 Å². The Morgan fingerprint density at radius 3 is 2.76 bits per heavy atom. The van der Waals surface area contributed by atoms with E-state index in [4.69, 9.17) is 10.6 Å². The third-order valence-electron chi connectivity index (χ3n) is 2.49. The minimum Gasteiger partial charge on any atom is -0.489 e. The predicted molar refractivity (Wildman–Crippen MR) is 62.7 cm³/mol. The van der Waals surface area contributed by atoms with Gasteiger partial charge >= 0.3 is 0 Å². The Morgan fingerprint density at radius 1 is 1.53 bits per heavy atom. The molecule has 5 heteroatoms. The van der Waals surface area contributed by atoms with E-state index < -0.39 is 11.2 Å². The number of halogens is 1. The van der Waals surface area contributed by atoms with Gasteiger partial charge in [-0.15, -0.1) is 0 Å². The van der Waals surface area contributed by atoms with E-state index in [2.05, 4.69) is 5.43 Å². The van der Waals surface area contributed by atoms with Crippen LogP contribution in [0.1, 0.15) is 19.4 Å². The van der Waals surface area contributed by atoms with Gasteiger partial charge < -0.3 is 4.74 Å². The fourth-order valence-corrected chi connectivity index (χ4v) is 1.25. The smallest absolute Gasteiger partial charge is 0.242 e. The quantitative estimate of drug-likeness (QED) is 0.476. The summed E-state index contributed by atoms with van der Waals surface area (Å²) in [6, 6.07) is 4.88. The minimum absolute atomic E-state index is 0.0520. The molecule has 0 aliphatic rings. The lowest BCUT2D eigenvalue weighted by Gasteiger charge is -2.22. The monoisotopic (exact) mass is 240 g/mol. The van der Waals surface area contributed by atoms with Crippen LogP contribution in [0.15, 0.2) is 18.2 Å². The average Bonchev–Trinajstić information content (AvgIpc) is 2.30. The molecule has 3 N–H and O–H groups in total. The fraction of sp³-hybridized carbons (Fsp3) is 0.417. The molecular weight excluding hydrogens is 223 g/mol. The summed E-state index contributed by atoms with van der Waals surface area (Å²) in [6.45, 7) is 5.04. The van der Waals surface area contributed by atoms with Crippen molar-refractivity contribution in [3.05, 3.63) is 29.6 Å². The molecule has 0 radical (unpaired) electrons. The molecule has 1 rings (SSSR count). The fourth-order valence-electron chi connectivity index (χ4n) is 1.25. The molecular formula is C12H17FN2O2. The van der Waals surface area contributed by atoms with E-state index in [-0.39, 0.29) is 18.3 Å². The molecule has 94 valence electrons. The van der Waals surface area contributed by atoms with Crippen molar-refractivity contribution in [2.75, 3.05) is 6.61 Å². The molecule has 0 spiro atoms. The molecule has 0 aliphatic heterocycles. The zero-order valence-electron chi connectivity index (χ0n) is 10.2. The van der Waals surface area contributed by atoms with E-state index in [1.54, 1.807) is 32.9 Å². The van der Waals surface area contributed by atoms with E-state index in [0.29, 0.717) is 5.56 Å². The number of nitrogens with two attached hydrogens (primary N) is 1. The zero-order valence-corrected chi connectivity index (χ0v) is 10.2. The van der Waals surface area contributed by atoms with Gasteiger partial charge in [-0.3, -0.25) is 10.2 Å². The Morgan fingerprint density at radius 2 is 2.18 bits per heavy atom. The number of nitrogens with one attached hydrogen (secondary N) is 1. The Hall–Kier alpha value is -1.62. The third-order valence-corrected chi connectivity index (χ3v) is 2.49. The van der Waals surface area contributed by atoms with Crippen molar-refractivity contribution in [3.8, 4) is 5.75 Å². The predicted octanol–water partition coefficient (Wildman–Crippen LogP) is 1.53. The van der Waals surface area contributed by atoms with E-state index in [9.17, 15) is 9.18 Å². The second-order valence-corrected chi connectivity index (χ2v) is 4.53. The van der Waals surface area contributed by atoms with E-state index in [0.717, 1.165) is 0 Å². The molecule has 1 aromatic carbocycles. The van der Waals surface area contributed by atoms with Crippen LogP contribution in [-0.4, -0.2) is 12.5 Å². The van der Waals surface area contributed by atoms with Crippen LogP contribution in [-0.2, 0) is 4.79 Å². The van der Waals surface area contributed by atoms with Gasteiger partial charge in [-0.1, -0.05) is 12.1 Å². The molecule has 0 unspecified atom stereocenters. The lowest BCUT2D eigenvalue weighted by Crippen LogP contribution is -2.44. The van der Waals surface area contributed by atoms with Gasteiger partial charge in [0.2, 0.25) is 5.91 Å². The topological polar surface area (TPSA) is 64.3 Å². The van der Waals surface area contributed by atoms with Crippen molar-refractivity contribution in [1.29, 1.82) is 0 Å². The van der Waals surface area contributed by atoms with Crippen molar-refractivity contribution in [2.45, 2.75) is 20.8 Å². The summed E-state index contributed by atoms with van der Waals surface area (Å²) in [5.74, 6) is 4.43. The number of hydrazine groups is 1. The zero-order chi connectivity index (χ0) is 13.1. The van der Waals surface area contributed by atoms with Crippen molar-refractivity contribution in [3.63, 3.8) is 0 Å².